The van der Waals surface area contributed by atoms with Gasteiger partial charge in [-0.25, -0.2) is 12.7 Å². The van der Waals surface area contributed by atoms with Crippen LogP contribution in [0.2, 0.25) is 0 Å². The van der Waals surface area contributed by atoms with Crippen molar-refractivity contribution in [2.24, 2.45) is 64.1 Å². The Morgan fingerprint density at radius 3 is 2.24 bits per heavy atom. The molecule has 0 radical (unpaired) electrons. The number of carbonyl (C=O) groups is 1. The van der Waals surface area contributed by atoms with Crippen LogP contribution in [-0.2, 0) is 14.8 Å². The highest BCUT2D eigenvalue weighted by Crippen LogP contribution is 2.69. The van der Waals surface area contributed by atoms with Gasteiger partial charge < -0.3 is 10.2 Å². The first kappa shape index (κ1) is 32.9. The maximum absolute atomic E-state index is 13.0. The average molecular weight is 608 g/mol. The molecule has 0 aromatic carbocycles. The van der Waals surface area contributed by atoms with Crippen molar-refractivity contribution in [2.75, 3.05) is 18.8 Å². The lowest BCUT2D eigenvalue weighted by atomic mass is 9.41. The first-order valence-corrected chi connectivity index (χ1v) is 19.2. The van der Waals surface area contributed by atoms with Crippen LogP contribution >= 0.6 is 0 Å². The zero-order valence-electron chi connectivity index (χ0n) is 27.4. The van der Waals surface area contributed by atoms with E-state index in [0.29, 0.717) is 66.9 Å². The summed E-state index contributed by atoms with van der Waals surface area (Å²) in [7, 11) is -3.53. The molecular formula is C35H61NO5S. The smallest absolute Gasteiger partial charge is 0.221 e. The molecule has 1 aliphatic heterocycles. The molecule has 7 heteroatoms. The third-order valence-corrected chi connectivity index (χ3v) is 15.6. The fourth-order valence-corrected chi connectivity index (χ4v) is 13.7. The Labute approximate surface area is 256 Å². The van der Waals surface area contributed by atoms with Crippen molar-refractivity contribution < 1.29 is 23.4 Å². The van der Waals surface area contributed by atoms with Crippen molar-refractivity contribution in [3.8, 4) is 0 Å². The van der Waals surface area contributed by atoms with Gasteiger partial charge in [0.25, 0.3) is 0 Å². The number of piperidine rings is 1. The summed E-state index contributed by atoms with van der Waals surface area (Å²) in [5.41, 5.74) is 0.437. The number of rotatable bonds is 9. The summed E-state index contributed by atoms with van der Waals surface area (Å²) < 4.78 is 27.5. The Hall–Kier alpha value is -0.500. The van der Waals surface area contributed by atoms with Gasteiger partial charge >= 0.3 is 0 Å². The number of aliphatic hydroxyl groups excluding tert-OH is 2. The summed E-state index contributed by atoms with van der Waals surface area (Å²) >= 11 is 0. The molecule has 13 atom stereocenters. The number of hydrogen-bond donors (Lipinski definition) is 2. The summed E-state index contributed by atoms with van der Waals surface area (Å²) in [5, 5.41) is 22.5. The lowest BCUT2D eigenvalue weighted by molar-refractivity contribution is -0.203. The van der Waals surface area contributed by atoms with Crippen LogP contribution in [0.25, 0.3) is 0 Å². The van der Waals surface area contributed by atoms with Crippen molar-refractivity contribution in [1.82, 2.24) is 4.31 Å². The second-order valence-electron chi connectivity index (χ2n) is 16.5. The topological polar surface area (TPSA) is 94.9 Å². The van der Waals surface area contributed by atoms with E-state index in [-0.39, 0.29) is 40.5 Å². The number of carbonyl (C=O) groups excluding carboxylic acids is 1. The van der Waals surface area contributed by atoms with Gasteiger partial charge in [-0.15, -0.1) is 0 Å². The number of aliphatic hydroxyl groups is 2. The largest absolute Gasteiger partial charge is 0.393 e. The molecule has 6 nitrogen and oxygen atoms in total. The third-order valence-electron chi connectivity index (χ3n) is 13.8. The first-order valence-electron chi connectivity index (χ1n) is 17.6. The Balaban J connectivity index is 1.19. The Bertz CT molecular complexity index is 1070. The van der Waals surface area contributed by atoms with Crippen LogP contribution in [-0.4, -0.2) is 59.8 Å². The number of ketones is 1. The predicted molar refractivity (Wildman–Crippen MR) is 168 cm³/mol. The molecule has 0 aromatic rings. The maximum atomic E-state index is 13.0. The van der Waals surface area contributed by atoms with E-state index in [1.807, 2.05) is 0 Å². The molecule has 2 N–H and O–H groups in total. The van der Waals surface area contributed by atoms with Gasteiger partial charge in [0.05, 0.1) is 12.2 Å². The van der Waals surface area contributed by atoms with E-state index in [4.69, 9.17) is 0 Å². The highest BCUT2D eigenvalue weighted by molar-refractivity contribution is 7.89. The monoisotopic (exact) mass is 607 g/mol. The molecule has 0 amide bonds. The van der Waals surface area contributed by atoms with Gasteiger partial charge in [0, 0.05) is 19.5 Å². The number of hydrogen-bond acceptors (Lipinski definition) is 5. The molecule has 0 aromatic heterocycles. The fraction of sp³-hybridized carbons (Fsp3) is 0.971. The normalized spacial score (nSPS) is 46.9. The van der Waals surface area contributed by atoms with Crippen LogP contribution in [0, 0.1) is 64.1 Å². The summed E-state index contributed by atoms with van der Waals surface area (Å²) in [6.45, 7) is 14.9. The zero-order chi connectivity index (χ0) is 30.6. The van der Waals surface area contributed by atoms with E-state index in [1.54, 1.807) is 4.31 Å². The second kappa shape index (κ2) is 12.4. The lowest BCUT2D eigenvalue weighted by Gasteiger charge is -2.64. The Morgan fingerprint density at radius 1 is 0.929 bits per heavy atom. The Kier molecular flexibility index (Phi) is 9.68. The zero-order valence-corrected chi connectivity index (χ0v) is 28.2. The van der Waals surface area contributed by atoms with Crippen LogP contribution < -0.4 is 0 Å². The predicted octanol–water partition coefficient (Wildman–Crippen LogP) is 6.30. The lowest BCUT2D eigenvalue weighted by Crippen LogP contribution is -2.62. The average Bonchev–Trinajstić information content (AvgIpc) is 3.26. The van der Waals surface area contributed by atoms with Crippen LogP contribution in [0.15, 0.2) is 0 Å². The summed E-state index contributed by atoms with van der Waals surface area (Å²) in [4.78, 5) is 12.8. The van der Waals surface area contributed by atoms with Gasteiger partial charge in [0.15, 0.2) is 0 Å². The van der Waals surface area contributed by atoms with Crippen molar-refractivity contribution in [2.45, 2.75) is 131 Å². The summed E-state index contributed by atoms with van der Waals surface area (Å²) in [5.74, 6) is 3.42. The quantitative estimate of drug-likeness (QED) is 0.321. The van der Waals surface area contributed by atoms with Crippen molar-refractivity contribution in [3.05, 3.63) is 0 Å². The SMILES string of the molecule is CC[C@H]1[C@@H](O)[C@@H]2[C@H](CC[C@]3(C)[C@@H]([C@H](C)CCCC(=O)CS(=O)(=O)N4C[C@H](C)C[C@H](C)C4)CC[C@@H]23)[C@@]2(C)CC[C@@H](O)C[C@@H]12. The molecule has 42 heavy (non-hydrogen) atoms. The van der Waals surface area contributed by atoms with E-state index in [2.05, 4.69) is 41.5 Å². The first-order chi connectivity index (χ1) is 19.7. The van der Waals surface area contributed by atoms with Crippen LogP contribution in [0.1, 0.15) is 119 Å². The van der Waals surface area contributed by atoms with E-state index < -0.39 is 10.0 Å². The number of sulfonamides is 1. The maximum Gasteiger partial charge on any atom is 0.221 e. The van der Waals surface area contributed by atoms with E-state index in [9.17, 15) is 23.4 Å². The van der Waals surface area contributed by atoms with Gasteiger partial charge in [-0.05, 0) is 122 Å². The molecule has 5 aliphatic rings. The molecular weight excluding hydrogens is 546 g/mol. The third kappa shape index (κ3) is 5.91. The van der Waals surface area contributed by atoms with Gasteiger partial charge in [-0.1, -0.05) is 54.4 Å². The number of Topliss-reactive ketones (excluding diaryl/α,β-unsaturated/α-hetero) is 1. The molecule has 0 spiro atoms. The molecule has 0 bridgehead atoms. The molecule has 5 fully saturated rings. The minimum atomic E-state index is -3.53. The molecule has 5 rings (SSSR count). The van der Waals surface area contributed by atoms with Gasteiger partial charge in [-0.3, -0.25) is 4.79 Å². The molecule has 242 valence electrons. The van der Waals surface area contributed by atoms with Gasteiger partial charge in [-0.2, -0.15) is 0 Å². The molecule has 4 aliphatic carbocycles. The van der Waals surface area contributed by atoms with Crippen LogP contribution in [0.3, 0.4) is 0 Å². The van der Waals surface area contributed by atoms with E-state index >= 15 is 0 Å². The van der Waals surface area contributed by atoms with Crippen molar-refractivity contribution in [3.63, 3.8) is 0 Å². The molecule has 0 unspecified atom stereocenters. The summed E-state index contributed by atoms with van der Waals surface area (Å²) in [6, 6.07) is 0. The van der Waals surface area contributed by atoms with E-state index in [1.165, 1.54) is 25.7 Å². The number of nitrogens with zero attached hydrogens (tertiary/aromatic N) is 1. The summed E-state index contributed by atoms with van der Waals surface area (Å²) in [6.07, 6.45) is 11.2. The Morgan fingerprint density at radius 2 is 1.57 bits per heavy atom. The fourth-order valence-electron chi connectivity index (χ4n) is 12.0. The minimum Gasteiger partial charge on any atom is -0.393 e. The highest BCUT2D eigenvalue weighted by Gasteiger charge is 2.64. The van der Waals surface area contributed by atoms with Crippen molar-refractivity contribution >= 4 is 15.8 Å². The van der Waals surface area contributed by atoms with Crippen LogP contribution in [0.5, 0.6) is 0 Å². The standard InChI is InChI=1S/C35H61NO5S/c1-7-27-31-18-25(37)13-15-35(31,6)30-14-16-34(5)28(11-12-29(34)32(30)33(27)39)24(4)9-8-10-26(38)21-42(40,41)36-19-22(2)17-23(3)20-36/h22-25,27-33,37,39H,7-21H2,1-6H3/t22-,23+,24-,25-,27-,28-,29+,30+,31+,32+,33-,34-,35-/m1/s1. The van der Waals surface area contributed by atoms with E-state index in [0.717, 1.165) is 44.9 Å². The van der Waals surface area contributed by atoms with Crippen molar-refractivity contribution in [1.29, 1.82) is 0 Å². The van der Waals surface area contributed by atoms with Gasteiger partial charge in [0.1, 0.15) is 11.5 Å². The van der Waals surface area contributed by atoms with Crippen LogP contribution in [0.4, 0.5) is 0 Å². The molecule has 4 saturated carbocycles. The highest BCUT2D eigenvalue weighted by atomic mass is 32.2. The number of fused-ring (bicyclic) bond motifs is 5. The minimum absolute atomic E-state index is 0.138. The van der Waals surface area contributed by atoms with Gasteiger partial charge in [0.2, 0.25) is 10.0 Å². The second-order valence-corrected chi connectivity index (χ2v) is 18.5. The molecule has 1 saturated heterocycles. The molecule has 1 heterocycles.